The fourth-order valence-electron chi connectivity index (χ4n) is 2.72. The number of aliphatic hydroxyl groups is 1. The van der Waals surface area contributed by atoms with Gasteiger partial charge >= 0.3 is 0 Å². The van der Waals surface area contributed by atoms with E-state index in [4.69, 9.17) is 0 Å². The van der Waals surface area contributed by atoms with E-state index in [0.717, 1.165) is 0 Å². The highest BCUT2D eigenvalue weighted by Gasteiger charge is 2.28. The maximum absolute atomic E-state index is 10.1. The van der Waals surface area contributed by atoms with Crippen LogP contribution >= 0.6 is 7.92 Å². The molecule has 0 bridgehead atoms. The Morgan fingerprint density at radius 1 is 0.905 bits per heavy atom. The first-order chi connectivity index (χ1) is 10.3. The molecule has 2 aromatic carbocycles. The van der Waals surface area contributed by atoms with Crippen molar-refractivity contribution >= 4 is 18.5 Å². The Labute approximate surface area is 127 Å². The van der Waals surface area contributed by atoms with Gasteiger partial charge in [-0.2, -0.15) is 0 Å². The van der Waals surface area contributed by atoms with Gasteiger partial charge in [-0.1, -0.05) is 78.9 Å². The van der Waals surface area contributed by atoms with E-state index in [2.05, 4.69) is 78.9 Å². The first-order valence-corrected chi connectivity index (χ1v) is 8.58. The average molecular weight is 294 g/mol. The van der Waals surface area contributed by atoms with Gasteiger partial charge in [0.25, 0.3) is 0 Å². The number of hydrogen-bond acceptors (Lipinski definition) is 1. The van der Waals surface area contributed by atoms with E-state index < -0.39 is 7.92 Å². The molecule has 0 saturated carbocycles. The van der Waals surface area contributed by atoms with Crippen molar-refractivity contribution in [1.29, 1.82) is 0 Å². The second kappa shape index (κ2) is 6.39. The molecule has 2 aromatic rings. The predicted molar refractivity (Wildman–Crippen MR) is 91.5 cm³/mol. The Kier molecular flexibility index (Phi) is 4.34. The molecule has 0 aromatic heterocycles. The quantitative estimate of drug-likeness (QED) is 0.855. The van der Waals surface area contributed by atoms with Crippen LogP contribution in [0.1, 0.15) is 6.92 Å². The fourth-order valence-corrected chi connectivity index (χ4v) is 5.39. The molecule has 2 heteroatoms. The lowest BCUT2D eigenvalue weighted by molar-refractivity contribution is 0.168. The van der Waals surface area contributed by atoms with E-state index in [-0.39, 0.29) is 12.0 Å². The summed E-state index contributed by atoms with van der Waals surface area (Å²) in [5.74, 6) is 0.122. The van der Waals surface area contributed by atoms with Crippen molar-refractivity contribution < 1.29 is 5.11 Å². The number of benzene rings is 2. The molecule has 21 heavy (non-hydrogen) atoms. The largest absolute Gasteiger partial charge is 0.392 e. The second-order valence-electron chi connectivity index (χ2n) is 5.25. The van der Waals surface area contributed by atoms with Crippen molar-refractivity contribution in [2.75, 3.05) is 0 Å². The molecule has 0 spiro atoms. The van der Waals surface area contributed by atoms with Crippen LogP contribution in [0, 0.1) is 5.92 Å². The smallest absolute Gasteiger partial charge is 0.0615 e. The summed E-state index contributed by atoms with van der Waals surface area (Å²) < 4.78 is 0. The molecule has 0 fully saturated rings. The second-order valence-corrected chi connectivity index (χ2v) is 7.47. The van der Waals surface area contributed by atoms with Crippen molar-refractivity contribution in [3.8, 4) is 0 Å². The van der Waals surface area contributed by atoms with Gasteiger partial charge in [0, 0.05) is 5.92 Å². The van der Waals surface area contributed by atoms with Crippen LogP contribution in [-0.4, -0.2) is 11.2 Å². The van der Waals surface area contributed by atoms with Gasteiger partial charge in [0.1, 0.15) is 0 Å². The van der Waals surface area contributed by atoms with Crippen LogP contribution in [0.5, 0.6) is 0 Å². The topological polar surface area (TPSA) is 20.2 Å². The van der Waals surface area contributed by atoms with E-state index in [9.17, 15) is 5.11 Å². The van der Waals surface area contributed by atoms with Crippen LogP contribution in [0.4, 0.5) is 0 Å². The van der Waals surface area contributed by atoms with Crippen molar-refractivity contribution in [3.05, 3.63) is 84.2 Å². The van der Waals surface area contributed by atoms with E-state index in [1.54, 1.807) is 0 Å². The normalized spacial score (nSPS) is 18.8. The molecule has 0 saturated heterocycles. The molecule has 0 aliphatic heterocycles. The van der Waals surface area contributed by atoms with E-state index in [1.165, 1.54) is 15.9 Å². The van der Waals surface area contributed by atoms with Crippen LogP contribution in [0.15, 0.2) is 84.2 Å². The standard InChI is InChI=1S/C19H19OP/c1-15(20)18-13-8-14-19(18)21(16-9-4-2-5-10-16)17-11-6-3-7-12-17/h2-15,18,20H,1H3. The minimum atomic E-state index is -0.585. The minimum absolute atomic E-state index is 0.122. The SMILES string of the molecule is CC(O)C1C=CC=C1P(c1ccccc1)c1ccccc1. The van der Waals surface area contributed by atoms with Crippen molar-refractivity contribution in [2.24, 2.45) is 5.92 Å². The summed E-state index contributed by atoms with van der Waals surface area (Å²) in [6.45, 7) is 1.87. The lowest BCUT2D eigenvalue weighted by Crippen LogP contribution is -2.21. The van der Waals surface area contributed by atoms with Crippen LogP contribution in [0.2, 0.25) is 0 Å². The molecule has 0 heterocycles. The average Bonchev–Trinajstić information content (AvgIpc) is 2.99. The molecule has 1 N–H and O–H groups in total. The highest BCUT2D eigenvalue weighted by atomic mass is 31.1. The number of allylic oxidation sites excluding steroid dienone is 2. The van der Waals surface area contributed by atoms with Crippen molar-refractivity contribution in [1.82, 2.24) is 0 Å². The van der Waals surface area contributed by atoms with Crippen LogP contribution in [0.25, 0.3) is 0 Å². The highest BCUT2D eigenvalue weighted by Crippen LogP contribution is 2.49. The van der Waals surface area contributed by atoms with Crippen LogP contribution < -0.4 is 10.6 Å². The summed E-state index contributed by atoms with van der Waals surface area (Å²) in [5, 5.41) is 14.1. The van der Waals surface area contributed by atoms with Gasteiger partial charge in [0.15, 0.2) is 0 Å². The summed E-state index contributed by atoms with van der Waals surface area (Å²) >= 11 is 0. The third kappa shape index (κ3) is 3.00. The summed E-state index contributed by atoms with van der Waals surface area (Å²) in [5.41, 5.74) is 0. The maximum Gasteiger partial charge on any atom is 0.0615 e. The molecule has 1 aliphatic carbocycles. The van der Waals surface area contributed by atoms with Gasteiger partial charge in [-0.3, -0.25) is 0 Å². The molecule has 1 aliphatic rings. The minimum Gasteiger partial charge on any atom is -0.392 e. The Morgan fingerprint density at radius 2 is 1.43 bits per heavy atom. The third-order valence-electron chi connectivity index (χ3n) is 3.73. The van der Waals surface area contributed by atoms with E-state index >= 15 is 0 Å². The zero-order valence-electron chi connectivity index (χ0n) is 12.1. The molecule has 106 valence electrons. The van der Waals surface area contributed by atoms with Crippen molar-refractivity contribution in [2.45, 2.75) is 13.0 Å². The highest BCUT2D eigenvalue weighted by molar-refractivity contribution is 7.76. The zero-order valence-corrected chi connectivity index (χ0v) is 12.9. The molecule has 2 atom stereocenters. The van der Waals surface area contributed by atoms with Gasteiger partial charge in [-0.25, -0.2) is 0 Å². The Balaban J connectivity index is 2.06. The lowest BCUT2D eigenvalue weighted by Gasteiger charge is -2.26. The molecular formula is C19H19OP. The Bertz CT molecular complexity index is 604. The molecule has 2 unspecified atom stereocenters. The summed E-state index contributed by atoms with van der Waals surface area (Å²) in [7, 11) is -0.585. The first kappa shape index (κ1) is 14.3. The summed E-state index contributed by atoms with van der Waals surface area (Å²) in [6.07, 6.45) is 6.02. The monoisotopic (exact) mass is 294 g/mol. The molecule has 3 rings (SSSR count). The molecule has 1 nitrogen and oxygen atoms in total. The first-order valence-electron chi connectivity index (χ1n) is 7.24. The Morgan fingerprint density at radius 3 is 1.90 bits per heavy atom. The number of rotatable bonds is 4. The van der Waals surface area contributed by atoms with Gasteiger partial charge in [-0.15, -0.1) is 0 Å². The number of hydrogen-bond donors (Lipinski definition) is 1. The Hall–Kier alpha value is -1.69. The predicted octanol–water partition coefficient (Wildman–Crippen LogP) is 3.57. The van der Waals surface area contributed by atoms with Gasteiger partial charge < -0.3 is 5.11 Å². The van der Waals surface area contributed by atoms with Gasteiger partial charge in [-0.05, 0) is 30.8 Å². The van der Waals surface area contributed by atoms with Crippen LogP contribution in [-0.2, 0) is 0 Å². The molecular weight excluding hydrogens is 275 g/mol. The van der Waals surface area contributed by atoms with E-state index in [1.807, 2.05) is 6.92 Å². The zero-order chi connectivity index (χ0) is 14.7. The third-order valence-corrected chi connectivity index (χ3v) is 6.33. The van der Waals surface area contributed by atoms with Crippen molar-refractivity contribution in [3.63, 3.8) is 0 Å². The van der Waals surface area contributed by atoms with Gasteiger partial charge in [0.2, 0.25) is 0 Å². The molecule has 0 radical (unpaired) electrons. The molecule has 0 amide bonds. The lowest BCUT2D eigenvalue weighted by atomic mass is 10.1. The summed E-state index contributed by atoms with van der Waals surface area (Å²) in [6, 6.07) is 21.2. The number of aliphatic hydroxyl groups excluding tert-OH is 1. The summed E-state index contributed by atoms with van der Waals surface area (Å²) in [4.78, 5) is 0. The van der Waals surface area contributed by atoms with Crippen LogP contribution in [0.3, 0.4) is 0 Å². The fraction of sp³-hybridized carbons (Fsp3) is 0.158. The van der Waals surface area contributed by atoms with Gasteiger partial charge in [0.05, 0.1) is 6.10 Å². The van der Waals surface area contributed by atoms with E-state index in [0.29, 0.717) is 0 Å². The maximum atomic E-state index is 10.1.